The van der Waals surface area contributed by atoms with Gasteiger partial charge in [-0.1, -0.05) is 12.1 Å². The summed E-state index contributed by atoms with van der Waals surface area (Å²) in [7, 11) is 0. The number of aliphatic hydroxyl groups excluding tert-OH is 1. The first-order valence-electron chi connectivity index (χ1n) is 5.27. The molecule has 2 N–H and O–H groups in total. The van der Waals surface area contributed by atoms with E-state index < -0.39 is 5.60 Å². The average molecular weight is 210 g/mol. The highest BCUT2D eigenvalue weighted by Crippen LogP contribution is 2.36. The van der Waals surface area contributed by atoms with Crippen LogP contribution in [0.15, 0.2) is 24.3 Å². The summed E-state index contributed by atoms with van der Waals surface area (Å²) in [6.45, 7) is 0. The molecule has 0 aliphatic heterocycles. The zero-order chi connectivity index (χ0) is 10.9. The second-order valence-corrected chi connectivity index (χ2v) is 4.27. The van der Waals surface area contributed by atoms with Gasteiger partial charge in [0.05, 0.1) is 11.7 Å². The molecule has 0 saturated heterocycles. The van der Waals surface area contributed by atoms with Crippen LogP contribution in [0.25, 0.3) is 0 Å². The molecule has 3 heteroatoms. The lowest BCUT2D eigenvalue weighted by Gasteiger charge is -2.34. The minimum Gasteiger partial charge on any atom is -0.393 e. The van der Waals surface area contributed by atoms with Crippen LogP contribution in [-0.4, -0.2) is 16.3 Å². The van der Waals surface area contributed by atoms with E-state index >= 15 is 0 Å². The third kappa shape index (κ3) is 2.19. The molecule has 2 rings (SSSR count). The molecule has 2 nitrogen and oxygen atoms in total. The fourth-order valence-corrected chi connectivity index (χ4v) is 2.13. The molecule has 1 aromatic carbocycles. The maximum absolute atomic E-state index is 12.7. The van der Waals surface area contributed by atoms with E-state index in [2.05, 4.69) is 0 Å². The van der Waals surface area contributed by atoms with E-state index in [1.165, 1.54) is 12.1 Å². The van der Waals surface area contributed by atoms with E-state index in [0.717, 1.165) is 5.56 Å². The second-order valence-electron chi connectivity index (χ2n) is 4.27. The Labute approximate surface area is 88.4 Å². The largest absolute Gasteiger partial charge is 0.393 e. The lowest BCUT2D eigenvalue weighted by molar-refractivity contribution is -0.0361. The van der Waals surface area contributed by atoms with Gasteiger partial charge in [-0.2, -0.15) is 0 Å². The van der Waals surface area contributed by atoms with E-state index in [1.807, 2.05) is 0 Å². The molecular weight excluding hydrogens is 195 g/mol. The number of hydrogen-bond acceptors (Lipinski definition) is 2. The van der Waals surface area contributed by atoms with E-state index in [9.17, 15) is 14.6 Å². The van der Waals surface area contributed by atoms with Crippen molar-refractivity contribution in [2.45, 2.75) is 37.4 Å². The molecule has 82 valence electrons. The number of aliphatic hydroxyl groups is 2. The number of benzene rings is 1. The van der Waals surface area contributed by atoms with Gasteiger partial charge in [-0.05, 0) is 43.4 Å². The van der Waals surface area contributed by atoms with E-state index in [-0.39, 0.29) is 11.9 Å². The molecule has 1 aromatic rings. The molecule has 1 aliphatic rings. The SMILES string of the molecule is OC1CCC(O)(c2ccc(F)cc2)CC1. The molecule has 15 heavy (non-hydrogen) atoms. The van der Waals surface area contributed by atoms with Crippen molar-refractivity contribution < 1.29 is 14.6 Å². The molecule has 1 fully saturated rings. The molecule has 0 bridgehead atoms. The molecule has 0 atom stereocenters. The van der Waals surface area contributed by atoms with Crippen LogP contribution in [0.3, 0.4) is 0 Å². The van der Waals surface area contributed by atoms with Gasteiger partial charge in [-0.15, -0.1) is 0 Å². The van der Waals surface area contributed by atoms with Crippen molar-refractivity contribution in [3.05, 3.63) is 35.6 Å². The van der Waals surface area contributed by atoms with Gasteiger partial charge in [0.1, 0.15) is 5.82 Å². The summed E-state index contributed by atoms with van der Waals surface area (Å²) in [4.78, 5) is 0. The Morgan fingerprint density at radius 2 is 1.67 bits per heavy atom. The number of rotatable bonds is 1. The fraction of sp³-hybridized carbons (Fsp3) is 0.500. The van der Waals surface area contributed by atoms with Crippen LogP contribution in [0.1, 0.15) is 31.2 Å². The molecule has 0 heterocycles. The van der Waals surface area contributed by atoms with Crippen LogP contribution in [0.4, 0.5) is 4.39 Å². The monoisotopic (exact) mass is 210 g/mol. The van der Waals surface area contributed by atoms with Crippen LogP contribution >= 0.6 is 0 Å². The summed E-state index contributed by atoms with van der Waals surface area (Å²) >= 11 is 0. The lowest BCUT2D eigenvalue weighted by atomic mass is 9.79. The zero-order valence-corrected chi connectivity index (χ0v) is 8.49. The first-order chi connectivity index (χ1) is 7.10. The first kappa shape index (κ1) is 10.6. The van der Waals surface area contributed by atoms with Crippen molar-refractivity contribution >= 4 is 0 Å². The van der Waals surface area contributed by atoms with Crippen molar-refractivity contribution in [2.24, 2.45) is 0 Å². The molecule has 0 radical (unpaired) electrons. The number of hydrogen-bond donors (Lipinski definition) is 2. The highest BCUT2D eigenvalue weighted by Gasteiger charge is 2.33. The van der Waals surface area contributed by atoms with E-state index in [0.29, 0.717) is 25.7 Å². The summed E-state index contributed by atoms with van der Waals surface area (Å²) in [6.07, 6.45) is 1.99. The van der Waals surface area contributed by atoms with Gasteiger partial charge in [-0.3, -0.25) is 0 Å². The Morgan fingerprint density at radius 1 is 1.13 bits per heavy atom. The minimum atomic E-state index is -0.882. The van der Waals surface area contributed by atoms with Crippen LogP contribution < -0.4 is 0 Å². The zero-order valence-electron chi connectivity index (χ0n) is 8.49. The second kappa shape index (κ2) is 3.91. The first-order valence-corrected chi connectivity index (χ1v) is 5.27. The van der Waals surface area contributed by atoms with Crippen molar-refractivity contribution in [3.63, 3.8) is 0 Å². The molecule has 0 aromatic heterocycles. The van der Waals surface area contributed by atoms with Gasteiger partial charge in [-0.25, -0.2) is 4.39 Å². The molecule has 0 spiro atoms. The topological polar surface area (TPSA) is 40.5 Å². The third-order valence-corrected chi connectivity index (χ3v) is 3.16. The molecular formula is C12H15FO2. The Balaban J connectivity index is 2.18. The van der Waals surface area contributed by atoms with Gasteiger partial charge in [0, 0.05) is 0 Å². The van der Waals surface area contributed by atoms with Gasteiger partial charge in [0.15, 0.2) is 0 Å². The van der Waals surface area contributed by atoms with Crippen molar-refractivity contribution in [2.75, 3.05) is 0 Å². The Morgan fingerprint density at radius 3 is 2.20 bits per heavy atom. The predicted octanol–water partition coefficient (Wildman–Crippen LogP) is 1.95. The maximum Gasteiger partial charge on any atom is 0.123 e. The molecule has 1 aliphatic carbocycles. The normalized spacial score (nSPS) is 31.5. The maximum atomic E-state index is 12.7. The standard InChI is InChI=1S/C12H15FO2/c13-10-3-1-9(2-4-10)12(15)7-5-11(14)6-8-12/h1-4,11,14-15H,5-8H2. The molecule has 1 saturated carbocycles. The molecule has 0 unspecified atom stereocenters. The van der Waals surface area contributed by atoms with Crippen LogP contribution in [0, 0.1) is 5.82 Å². The minimum absolute atomic E-state index is 0.293. The van der Waals surface area contributed by atoms with Crippen molar-refractivity contribution in [1.82, 2.24) is 0 Å². The Kier molecular flexibility index (Phi) is 2.76. The van der Waals surface area contributed by atoms with Gasteiger partial charge >= 0.3 is 0 Å². The summed E-state index contributed by atoms with van der Waals surface area (Å²) < 4.78 is 12.7. The number of halogens is 1. The van der Waals surface area contributed by atoms with Crippen LogP contribution in [0.5, 0.6) is 0 Å². The van der Waals surface area contributed by atoms with E-state index in [4.69, 9.17) is 0 Å². The third-order valence-electron chi connectivity index (χ3n) is 3.16. The highest BCUT2D eigenvalue weighted by molar-refractivity contribution is 5.23. The Hall–Kier alpha value is -0.930. The van der Waals surface area contributed by atoms with Crippen molar-refractivity contribution in [1.29, 1.82) is 0 Å². The fourth-order valence-electron chi connectivity index (χ4n) is 2.13. The Bertz CT molecular complexity index is 326. The summed E-state index contributed by atoms with van der Waals surface area (Å²) in [6, 6.07) is 5.96. The highest BCUT2D eigenvalue weighted by atomic mass is 19.1. The van der Waals surface area contributed by atoms with Gasteiger partial charge in [0.2, 0.25) is 0 Å². The van der Waals surface area contributed by atoms with Gasteiger partial charge in [0.25, 0.3) is 0 Å². The summed E-state index contributed by atoms with van der Waals surface area (Å²) in [5.41, 5.74) is -0.136. The average Bonchev–Trinajstić information content (AvgIpc) is 2.24. The predicted molar refractivity (Wildman–Crippen MR) is 54.8 cm³/mol. The summed E-state index contributed by atoms with van der Waals surface area (Å²) in [5.74, 6) is -0.293. The quantitative estimate of drug-likeness (QED) is 0.743. The van der Waals surface area contributed by atoms with Crippen LogP contribution in [0.2, 0.25) is 0 Å². The van der Waals surface area contributed by atoms with Crippen LogP contribution in [-0.2, 0) is 5.60 Å². The molecule has 0 amide bonds. The smallest absolute Gasteiger partial charge is 0.123 e. The van der Waals surface area contributed by atoms with Crippen molar-refractivity contribution in [3.8, 4) is 0 Å². The summed E-state index contributed by atoms with van der Waals surface area (Å²) in [5, 5.41) is 19.7. The van der Waals surface area contributed by atoms with E-state index in [1.54, 1.807) is 12.1 Å². The lowest BCUT2D eigenvalue weighted by Crippen LogP contribution is -2.33. The van der Waals surface area contributed by atoms with Gasteiger partial charge < -0.3 is 10.2 Å².